The van der Waals surface area contributed by atoms with E-state index in [4.69, 9.17) is 30.4 Å². The number of hydrogen-bond acceptors (Lipinski definition) is 5. The van der Waals surface area contributed by atoms with Crippen molar-refractivity contribution in [1.29, 1.82) is 0 Å². The van der Waals surface area contributed by atoms with Gasteiger partial charge in [-0.25, -0.2) is 0 Å². The molecular formula is C24H20ClN5O2S2. The summed E-state index contributed by atoms with van der Waals surface area (Å²) < 4.78 is 0. The Morgan fingerprint density at radius 1 is 1.29 bits per heavy atom. The Hall–Kier alpha value is -3.32. The summed E-state index contributed by atoms with van der Waals surface area (Å²) >= 11 is 13.6. The number of hydrogen-bond donors (Lipinski definition) is 1. The van der Waals surface area contributed by atoms with Crippen LogP contribution in [0, 0.1) is 13.5 Å². The van der Waals surface area contributed by atoms with Crippen LogP contribution in [0.25, 0.3) is 4.85 Å². The molecule has 2 aromatic heterocycles. The number of benzene rings is 1. The van der Waals surface area contributed by atoms with Crippen molar-refractivity contribution < 1.29 is 9.59 Å². The molecule has 0 spiro atoms. The molecule has 1 aromatic carbocycles. The van der Waals surface area contributed by atoms with Crippen LogP contribution in [0.1, 0.15) is 34.6 Å². The third-order valence-electron chi connectivity index (χ3n) is 5.55. The average molecular weight is 510 g/mol. The molecule has 34 heavy (non-hydrogen) atoms. The monoisotopic (exact) mass is 509 g/mol. The van der Waals surface area contributed by atoms with Crippen LogP contribution < -0.4 is 15.1 Å². The maximum atomic E-state index is 13.4. The predicted molar refractivity (Wildman–Crippen MR) is 139 cm³/mol. The number of thiocarbonyl (C=S) groups is 1. The summed E-state index contributed by atoms with van der Waals surface area (Å²) in [5.41, 5.74) is 1.61. The number of thiophene rings is 1. The second-order valence-corrected chi connectivity index (χ2v) is 9.92. The van der Waals surface area contributed by atoms with E-state index in [9.17, 15) is 9.59 Å². The van der Waals surface area contributed by atoms with E-state index in [1.807, 2.05) is 23.6 Å². The molecule has 3 aromatic rings. The van der Waals surface area contributed by atoms with Crippen LogP contribution in [0.2, 0.25) is 5.02 Å². The first-order chi connectivity index (χ1) is 16.1. The molecule has 3 heterocycles. The number of carbonyl (C=O) groups is 2. The van der Waals surface area contributed by atoms with Crippen molar-refractivity contribution in [3.05, 3.63) is 80.4 Å². The minimum Gasteiger partial charge on any atom is -0.360 e. The topological polar surface area (TPSA) is 69.9 Å². The van der Waals surface area contributed by atoms with Crippen molar-refractivity contribution in [1.82, 2.24) is 10.3 Å². The van der Waals surface area contributed by atoms with Crippen LogP contribution in [-0.2, 0) is 11.3 Å². The summed E-state index contributed by atoms with van der Waals surface area (Å²) in [4.78, 5) is 36.9. The molecule has 7 nitrogen and oxygen atoms in total. The lowest BCUT2D eigenvalue weighted by atomic mass is 10.0. The molecule has 0 aliphatic carbocycles. The maximum absolute atomic E-state index is 13.4. The zero-order valence-corrected chi connectivity index (χ0v) is 21.0. The number of rotatable bonds is 5. The minimum absolute atomic E-state index is 0.161. The van der Waals surface area contributed by atoms with Crippen molar-refractivity contribution in [2.45, 2.75) is 32.9 Å². The fourth-order valence-electron chi connectivity index (χ4n) is 3.74. The fourth-order valence-corrected chi connectivity index (χ4v) is 5.14. The number of amides is 2. The molecule has 1 aliphatic heterocycles. The van der Waals surface area contributed by atoms with Crippen molar-refractivity contribution in [2.75, 3.05) is 9.80 Å². The first kappa shape index (κ1) is 23.8. The second-order valence-electron chi connectivity index (χ2n) is 8.20. The molecule has 1 fully saturated rings. The summed E-state index contributed by atoms with van der Waals surface area (Å²) in [6, 6.07) is 10.7. The summed E-state index contributed by atoms with van der Waals surface area (Å²) in [6.07, 6.45) is 1.48. The third kappa shape index (κ3) is 4.16. The van der Waals surface area contributed by atoms with Gasteiger partial charge in [0.25, 0.3) is 17.6 Å². The van der Waals surface area contributed by atoms with Crippen molar-refractivity contribution in [3.63, 3.8) is 0 Å². The van der Waals surface area contributed by atoms with Gasteiger partial charge in [0, 0.05) is 17.3 Å². The first-order valence-electron chi connectivity index (χ1n) is 10.3. The Balaban J connectivity index is 1.59. The summed E-state index contributed by atoms with van der Waals surface area (Å²) in [6.45, 7) is 12.8. The van der Waals surface area contributed by atoms with Crippen LogP contribution >= 0.6 is 35.2 Å². The molecular weight excluding hydrogens is 490 g/mol. The lowest BCUT2D eigenvalue weighted by molar-refractivity contribution is -0.120. The van der Waals surface area contributed by atoms with Crippen molar-refractivity contribution >= 4 is 69.3 Å². The van der Waals surface area contributed by atoms with Crippen molar-refractivity contribution in [2.24, 2.45) is 0 Å². The normalized spacial score (nSPS) is 14.9. The first-order valence-corrected chi connectivity index (χ1v) is 11.9. The molecule has 1 aliphatic rings. The van der Waals surface area contributed by atoms with Gasteiger partial charge < -0.3 is 15.1 Å². The molecule has 1 saturated heterocycles. The molecule has 172 valence electrons. The number of aryl methyl sites for hydroxylation is 1. The number of nitrogens with zero attached hydrogens (tertiary/aromatic N) is 4. The minimum atomic E-state index is -0.971. The van der Waals surface area contributed by atoms with Gasteiger partial charge in [0.1, 0.15) is 11.7 Å². The quantitative estimate of drug-likeness (QED) is 0.363. The third-order valence-corrected chi connectivity index (χ3v) is 7.13. The van der Waals surface area contributed by atoms with Crippen LogP contribution in [0.15, 0.2) is 48.0 Å². The van der Waals surface area contributed by atoms with Crippen LogP contribution in [0.5, 0.6) is 0 Å². The SMILES string of the molecule is [C-]#[N+]c1ncc(N2C(=O)C(C)(C)N(c3ccc(CNC(=O)c4cccs4)c(Cl)c3)C2=S)cc1C. The zero-order valence-electron chi connectivity index (χ0n) is 18.6. The van der Waals surface area contributed by atoms with Gasteiger partial charge in [-0.3, -0.25) is 14.5 Å². The van der Waals surface area contributed by atoms with Gasteiger partial charge in [-0.15, -0.1) is 16.3 Å². The molecule has 0 radical (unpaired) electrons. The lowest BCUT2D eigenvalue weighted by Crippen LogP contribution is -2.44. The van der Waals surface area contributed by atoms with Crippen LogP contribution in [0.3, 0.4) is 0 Å². The van der Waals surface area contributed by atoms with Gasteiger partial charge >= 0.3 is 0 Å². The Kier molecular flexibility index (Phi) is 6.41. The largest absolute Gasteiger partial charge is 0.360 e. The highest BCUT2D eigenvalue weighted by Gasteiger charge is 2.50. The maximum Gasteiger partial charge on any atom is 0.272 e. The fraction of sp³-hybridized carbons (Fsp3) is 0.208. The van der Waals surface area contributed by atoms with Gasteiger partial charge in [-0.05, 0) is 73.8 Å². The number of nitrogens with one attached hydrogen (secondary N) is 1. The highest BCUT2D eigenvalue weighted by atomic mass is 35.5. The van der Waals surface area contributed by atoms with Gasteiger partial charge in [0.05, 0.1) is 10.6 Å². The smallest absolute Gasteiger partial charge is 0.272 e. The molecule has 1 N–H and O–H groups in total. The van der Waals surface area contributed by atoms with Gasteiger partial charge in [0.15, 0.2) is 5.11 Å². The molecule has 0 unspecified atom stereocenters. The number of pyridine rings is 1. The lowest BCUT2D eigenvalue weighted by Gasteiger charge is -2.29. The van der Waals surface area contributed by atoms with E-state index in [1.54, 1.807) is 43.9 Å². The molecule has 4 rings (SSSR count). The molecule has 0 bridgehead atoms. The zero-order chi connectivity index (χ0) is 24.6. The Labute approximate surface area is 211 Å². The molecule has 10 heteroatoms. The van der Waals surface area contributed by atoms with E-state index >= 15 is 0 Å². The Morgan fingerprint density at radius 3 is 2.68 bits per heavy atom. The number of carbonyl (C=O) groups excluding carboxylic acids is 2. The van der Waals surface area contributed by atoms with Gasteiger partial charge in [-0.1, -0.05) is 30.3 Å². The highest BCUT2D eigenvalue weighted by Crippen LogP contribution is 2.38. The predicted octanol–water partition coefficient (Wildman–Crippen LogP) is 5.50. The van der Waals surface area contributed by atoms with Gasteiger partial charge in [-0.2, -0.15) is 0 Å². The number of anilines is 2. The van der Waals surface area contributed by atoms with Crippen LogP contribution in [0.4, 0.5) is 17.2 Å². The Morgan fingerprint density at radius 2 is 2.06 bits per heavy atom. The summed E-state index contributed by atoms with van der Waals surface area (Å²) in [5, 5.41) is 5.45. The molecule has 2 amide bonds. The highest BCUT2D eigenvalue weighted by molar-refractivity contribution is 7.81. The van der Waals surface area contributed by atoms with Crippen LogP contribution in [-0.4, -0.2) is 27.4 Å². The molecule has 0 atom stereocenters. The van der Waals surface area contributed by atoms with E-state index in [0.717, 1.165) is 5.56 Å². The summed E-state index contributed by atoms with van der Waals surface area (Å²) in [7, 11) is 0. The van der Waals surface area contributed by atoms with Gasteiger partial charge in [0.2, 0.25) is 0 Å². The van der Waals surface area contributed by atoms with Crippen molar-refractivity contribution in [3.8, 4) is 0 Å². The Bertz CT molecular complexity index is 1350. The summed E-state index contributed by atoms with van der Waals surface area (Å²) in [5.74, 6) is -0.0879. The molecule has 0 saturated carbocycles. The van der Waals surface area contributed by atoms with E-state index in [0.29, 0.717) is 32.0 Å². The van der Waals surface area contributed by atoms with E-state index in [2.05, 4.69) is 15.1 Å². The van der Waals surface area contributed by atoms with E-state index in [1.165, 1.54) is 22.4 Å². The second kappa shape index (κ2) is 9.14. The number of halogens is 1. The number of aromatic nitrogens is 1. The van der Waals surface area contributed by atoms with E-state index < -0.39 is 5.54 Å². The standard InChI is InChI=1S/C24H20ClN5O2S2/c1-14-10-17(13-27-20(14)26-4)29-22(32)24(2,3)30(23(29)33)16-8-7-15(18(25)11-16)12-28-21(31)19-6-5-9-34-19/h5-11,13H,12H2,1-3H3,(H,28,31). The average Bonchev–Trinajstić information content (AvgIpc) is 3.39. The van der Waals surface area contributed by atoms with E-state index in [-0.39, 0.29) is 24.2 Å².